The van der Waals surface area contributed by atoms with Gasteiger partial charge >= 0.3 is 186 Å². The summed E-state index contributed by atoms with van der Waals surface area (Å²) in [6.45, 7) is 2.23. The zero-order chi connectivity index (χ0) is 21.5. The zero-order valence-electron chi connectivity index (χ0n) is 18.7. The summed E-state index contributed by atoms with van der Waals surface area (Å²) in [5.41, 5.74) is 3.76. The molecule has 1 aliphatic heterocycles. The van der Waals surface area contributed by atoms with Gasteiger partial charge < -0.3 is 0 Å². The van der Waals surface area contributed by atoms with Crippen molar-refractivity contribution < 1.29 is 9.30 Å². The number of aromatic nitrogens is 1. The molecule has 2 nitrogen and oxygen atoms in total. The first kappa shape index (κ1) is 18.9. The van der Waals surface area contributed by atoms with Crippen molar-refractivity contribution in [1.29, 1.82) is 0 Å². The molecule has 152 valence electrons. The SMILES string of the molecule is Cc1c2c(cc3ccccc13)Oc1cc3ccc[c]([Ge]([CH3])([CH3])[CH3])c3c3cc[n+](C)c-2c13. The summed E-state index contributed by atoms with van der Waals surface area (Å²) in [5.74, 6) is 9.36. The molecule has 4 aromatic carbocycles. The third kappa shape index (κ3) is 2.61. The Hall–Kier alpha value is -2.85. The third-order valence-electron chi connectivity index (χ3n) is 6.76. The van der Waals surface area contributed by atoms with Gasteiger partial charge in [0.2, 0.25) is 0 Å². The van der Waals surface area contributed by atoms with Crippen LogP contribution in [0.1, 0.15) is 5.56 Å². The monoisotopic (exact) mass is 466 g/mol. The van der Waals surface area contributed by atoms with Gasteiger partial charge in [0.15, 0.2) is 0 Å². The molecule has 0 aliphatic carbocycles. The molecule has 0 unspecified atom stereocenters. The number of hydrogen-bond acceptors (Lipinski definition) is 1. The second-order valence-corrected chi connectivity index (χ2v) is 20.4. The van der Waals surface area contributed by atoms with Crippen LogP contribution >= 0.6 is 0 Å². The van der Waals surface area contributed by atoms with Gasteiger partial charge in [0.05, 0.1) is 0 Å². The number of nitrogens with zero attached hydrogens (tertiary/aromatic N) is 1. The Bertz CT molecular complexity index is 1560. The molecule has 6 rings (SSSR count). The summed E-state index contributed by atoms with van der Waals surface area (Å²) in [7, 11) is 2.15. The molecule has 0 N–H and O–H groups in total. The fraction of sp³-hybridized carbons (Fsp3) is 0.179. The molecular formula is C28H26GeNO+. The van der Waals surface area contributed by atoms with Crippen molar-refractivity contribution in [3.8, 4) is 22.8 Å². The van der Waals surface area contributed by atoms with Crippen molar-refractivity contribution in [3.63, 3.8) is 0 Å². The molecule has 0 saturated carbocycles. The average molecular weight is 465 g/mol. The summed E-state index contributed by atoms with van der Waals surface area (Å²) < 4.78 is 10.5. The van der Waals surface area contributed by atoms with E-state index in [0.29, 0.717) is 0 Å². The summed E-state index contributed by atoms with van der Waals surface area (Å²) in [6, 6.07) is 22.1. The number of ether oxygens (including phenoxy) is 1. The summed E-state index contributed by atoms with van der Waals surface area (Å²) in [5, 5.41) is 7.76. The molecule has 3 heteroatoms. The van der Waals surface area contributed by atoms with Gasteiger partial charge in [-0.1, -0.05) is 0 Å². The van der Waals surface area contributed by atoms with E-state index >= 15 is 0 Å². The van der Waals surface area contributed by atoms with Crippen LogP contribution in [0.5, 0.6) is 11.5 Å². The standard InChI is InChI=1S/C28H26GeNO/c1-17-20-11-7-6-9-18(20)15-23-25(17)28-27-21(13-14-30(28)5)26-19(16-24(27)31-23)10-8-12-22(26)29(2,3)4/h6-16H,1-5H3/q+1. The topological polar surface area (TPSA) is 13.1 Å². The van der Waals surface area contributed by atoms with Gasteiger partial charge in [0, 0.05) is 0 Å². The van der Waals surface area contributed by atoms with Crippen LogP contribution in [0.4, 0.5) is 0 Å². The van der Waals surface area contributed by atoms with Crippen LogP contribution in [0.3, 0.4) is 0 Å². The first-order valence-corrected chi connectivity index (χ1v) is 18.3. The van der Waals surface area contributed by atoms with E-state index in [0.717, 1.165) is 11.5 Å². The predicted molar refractivity (Wildman–Crippen MR) is 133 cm³/mol. The van der Waals surface area contributed by atoms with E-state index < -0.39 is 13.3 Å². The Kier molecular flexibility index (Phi) is 3.86. The Labute approximate surface area is 185 Å². The molecule has 0 atom stereocenters. The molecule has 5 aromatic rings. The van der Waals surface area contributed by atoms with Crippen molar-refractivity contribution in [1.82, 2.24) is 0 Å². The second-order valence-electron chi connectivity index (χ2n) is 9.79. The molecule has 0 saturated heterocycles. The molecular weight excluding hydrogens is 439 g/mol. The summed E-state index contributed by atoms with van der Waals surface area (Å²) >= 11 is -2.07. The van der Waals surface area contributed by atoms with E-state index in [1.165, 1.54) is 49.1 Å². The summed E-state index contributed by atoms with van der Waals surface area (Å²) in [6.07, 6.45) is 2.22. The molecule has 0 spiro atoms. The molecule has 1 aliphatic rings. The van der Waals surface area contributed by atoms with Crippen LogP contribution in [0.15, 0.2) is 66.9 Å². The molecule has 0 bridgehead atoms. The van der Waals surface area contributed by atoms with Crippen LogP contribution < -0.4 is 13.7 Å². The quantitative estimate of drug-likeness (QED) is 0.152. The van der Waals surface area contributed by atoms with Crippen molar-refractivity contribution in [2.45, 2.75) is 24.2 Å². The Morgan fingerprint density at radius 2 is 1.52 bits per heavy atom. The van der Waals surface area contributed by atoms with Crippen molar-refractivity contribution in [3.05, 3.63) is 72.4 Å². The molecule has 0 fully saturated rings. The van der Waals surface area contributed by atoms with Gasteiger partial charge in [-0.15, -0.1) is 0 Å². The third-order valence-corrected chi connectivity index (χ3v) is 11.0. The van der Waals surface area contributed by atoms with Crippen molar-refractivity contribution in [2.75, 3.05) is 0 Å². The van der Waals surface area contributed by atoms with Crippen LogP contribution in [-0.2, 0) is 7.05 Å². The van der Waals surface area contributed by atoms with E-state index in [1.807, 2.05) is 0 Å². The average Bonchev–Trinajstić information content (AvgIpc) is 2.74. The maximum atomic E-state index is 6.63. The molecule has 0 radical (unpaired) electrons. The Morgan fingerprint density at radius 1 is 0.774 bits per heavy atom. The number of pyridine rings is 1. The van der Waals surface area contributed by atoms with Crippen LogP contribution in [0, 0.1) is 6.92 Å². The number of rotatable bonds is 1. The number of aryl methyl sites for hydroxylation is 2. The first-order chi connectivity index (χ1) is 14.8. The first-order valence-electron chi connectivity index (χ1n) is 10.9. The van der Waals surface area contributed by atoms with Crippen LogP contribution in [0.2, 0.25) is 17.3 Å². The predicted octanol–water partition coefficient (Wildman–Crippen LogP) is 6.60. The van der Waals surface area contributed by atoms with Gasteiger partial charge in [-0.2, -0.15) is 0 Å². The van der Waals surface area contributed by atoms with Gasteiger partial charge in [-0.25, -0.2) is 0 Å². The van der Waals surface area contributed by atoms with Gasteiger partial charge in [-0.3, -0.25) is 0 Å². The van der Waals surface area contributed by atoms with E-state index in [9.17, 15) is 0 Å². The maximum absolute atomic E-state index is 6.63. The minimum atomic E-state index is -2.07. The van der Waals surface area contributed by atoms with Gasteiger partial charge in [0.1, 0.15) is 0 Å². The van der Waals surface area contributed by atoms with Crippen molar-refractivity contribution in [2.24, 2.45) is 7.05 Å². The zero-order valence-corrected chi connectivity index (χ0v) is 20.8. The molecule has 0 amide bonds. The minimum absolute atomic E-state index is 0.954. The van der Waals surface area contributed by atoms with Crippen LogP contribution in [0.25, 0.3) is 43.6 Å². The number of fused-ring (bicyclic) bond motifs is 5. The van der Waals surface area contributed by atoms with E-state index in [1.54, 1.807) is 4.40 Å². The van der Waals surface area contributed by atoms with E-state index in [2.05, 4.69) is 103 Å². The summed E-state index contributed by atoms with van der Waals surface area (Å²) in [4.78, 5) is 0. The van der Waals surface area contributed by atoms with Gasteiger partial charge in [-0.05, 0) is 0 Å². The second kappa shape index (κ2) is 6.33. The Balaban J connectivity index is 1.83. The number of benzene rings is 4. The molecule has 2 heterocycles. The van der Waals surface area contributed by atoms with E-state index in [4.69, 9.17) is 4.74 Å². The molecule has 31 heavy (non-hydrogen) atoms. The fourth-order valence-electron chi connectivity index (χ4n) is 5.31. The fourth-order valence-corrected chi connectivity index (χ4v) is 8.72. The van der Waals surface area contributed by atoms with Crippen LogP contribution in [-0.4, -0.2) is 13.3 Å². The van der Waals surface area contributed by atoms with Gasteiger partial charge in [0.25, 0.3) is 0 Å². The van der Waals surface area contributed by atoms with E-state index in [-0.39, 0.29) is 0 Å². The Morgan fingerprint density at radius 3 is 2.32 bits per heavy atom. The normalized spacial score (nSPS) is 12.9. The number of hydrogen-bond donors (Lipinski definition) is 0. The van der Waals surface area contributed by atoms with Crippen molar-refractivity contribution >= 4 is 50.0 Å². The molecule has 1 aromatic heterocycles.